The van der Waals surface area contributed by atoms with Crippen LogP contribution in [0.15, 0.2) is 0 Å². The Bertz CT molecular complexity index is 312. The van der Waals surface area contributed by atoms with Crippen molar-refractivity contribution < 1.29 is 19.4 Å². The molecule has 1 aliphatic heterocycles. The van der Waals surface area contributed by atoms with Crippen LogP contribution in [0.4, 0.5) is 0 Å². The molecule has 1 fully saturated rings. The van der Waals surface area contributed by atoms with Crippen molar-refractivity contribution in [2.45, 2.75) is 32.8 Å². The van der Waals surface area contributed by atoms with Crippen molar-refractivity contribution in [3.05, 3.63) is 0 Å². The molecule has 5 nitrogen and oxygen atoms in total. The van der Waals surface area contributed by atoms with E-state index in [9.17, 15) is 9.59 Å². The zero-order valence-electron chi connectivity index (χ0n) is 10.9. The molecule has 0 aliphatic carbocycles. The second-order valence-corrected chi connectivity index (χ2v) is 4.92. The summed E-state index contributed by atoms with van der Waals surface area (Å²) in [7, 11) is 1.51. The first kappa shape index (κ1) is 14.0. The minimum Gasteiger partial charge on any atom is -0.481 e. The highest BCUT2D eigenvalue weighted by Crippen LogP contribution is 2.27. The van der Waals surface area contributed by atoms with Crippen molar-refractivity contribution >= 4 is 11.9 Å². The summed E-state index contributed by atoms with van der Waals surface area (Å²) in [5.41, 5.74) is -0.840. The van der Waals surface area contributed by atoms with Crippen LogP contribution in [-0.2, 0) is 14.3 Å². The Morgan fingerprint density at radius 2 is 2.06 bits per heavy atom. The number of carbonyl (C=O) groups excluding carboxylic acids is 1. The van der Waals surface area contributed by atoms with Crippen LogP contribution in [0, 0.1) is 11.8 Å². The molecule has 1 heterocycles. The first-order valence-electron chi connectivity index (χ1n) is 5.93. The van der Waals surface area contributed by atoms with Gasteiger partial charge in [0.1, 0.15) is 5.60 Å². The van der Waals surface area contributed by atoms with Crippen LogP contribution in [0.3, 0.4) is 0 Å². The van der Waals surface area contributed by atoms with E-state index in [1.807, 2.05) is 13.8 Å². The Labute approximate surface area is 102 Å². The second-order valence-electron chi connectivity index (χ2n) is 4.92. The molecule has 1 saturated heterocycles. The molecule has 17 heavy (non-hydrogen) atoms. The number of ether oxygens (including phenoxy) is 1. The fourth-order valence-electron chi connectivity index (χ4n) is 2.17. The number of hydrogen-bond acceptors (Lipinski definition) is 3. The van der Waals surface area contributed by atoms with E-state index in [0.29, 0.717) is 13.0 Å². The number of likely N-dealkylation sites (tertiary alicyclic amines) is 1. The highest BCUT2D eigenvalue weighted by atomic mass is 16.5. The van der Waals surface area contributed by atoms with Crippen LogP contribution in [0.2, 0.25) is 0 Å². The first-order valence-corrected chi connectivity index (χ1v) is 5.93. The van der Waals surface area contributed by atoms with Gasteiger partial charge in [-0.2, -0.15) is 0 Å². The van der Waals surface area contributed by atoms with Gasteiger partial charge in [0.2, 0.25) is 0 Å². The molecule has 3 atom stereocenters. The molecule has 5 heteroatoms. The van der Waals surface area contributed by atoms with E-state index in [1.54, 1.807) is 11.8 Å². The van der Waals surface area contributed by atoms with E-state index in [2.05, 4.69) is 0 Å². The molecule has 1 aliphatic rings. The smallest absolute Gasteiger partial charge is 0.308 e. The fourth-order valence-corrected chi connectivity index (χ4v) is 2.17. The van der Waals surface area contributed by atoms with Crippen molar-refractivity contribution in [2.75, 3.05) is 20.2 Å². The predicted molar refractivity (Wildman–Crippen MR) is 62.6 cm³/mol. The van der Waals surface area contributed by atoms with E-state index in [-0.39, 0.29) is 18.4 Å². The van der Waals surface area contributed by atoms with Crippen LogP contribution in [0.5, 0.6) is 0 Å². The second kappa shape index (κ2) is 5.04. The Morgan fingerprint density at radius 1 is 1.47 bits per heavy atom. The number of carbonyl (C=O) groups is 2. The van der Waals surface area contributed by atoms with Gasteiger partial charge in [-0.05, 0) is 19.3 Å². The maximum atomic E-state index is 12.3. The zero-order valence-corrected chi connectivity index (χ0v) is 10.9. The average Bonchev–Trinajstić information content (AvgIpc) is 2.69. The predicted octanol–water partition coefficient (Wildman–Crippen LogP) is 0.981. The monoisotopic (exact) mass is 243 g/mol. The summed E-state index contributed by atoms with van der Waals surface area (Å²) in [6.07, 6.45) is 0.574. The van der Waals surface area contributed by atoms with Crippen LogP contribution < -0.4 is 0 Å². The molecule has 98 valence electrons. The van der Waals surface area contributed by atoms with E-state index in [1.165, 1.54) is 7.11 Å². The van der Waals surface area contributed by atoms with Crippen molar-refractivity contribution in [1.82, 2.24) is 4.90 Å². The quantitative estimate of drug-likeness (QED) is 0.799. The van der Waals surface area contributed by atoms with Crippen molar-refractivity contribution in [1.29, 1.82) is 0 Å². The van der Waals surface area contributed by atoms with Gasteiger partial charge < -0.3 is 14.7 Å². The molecule has 0 spiro atoms. The fraction of sp³-hybridized carbons (Fsp3) is 0.833. The Morgan fingerprint density at radius 3 is 2.41 bits per heavy atom. The van der Waals surface area contributed by atoms with Crippen LogP contribution >= 0.6 is 0 Å². The van der Waals surface area contributed by atoms with Gasteiger partial charge in [0.05, 0.1) is 5.92 Å². The van der Waals surface area contributed by atoms with Crippen LogP contribution in [0.25, 0.3) is 0 Å². The number of carboxylic acids is 1. The van der Waals surface area contributed by atoms with Gasteiger partial charge in [0.25, 0.3) is 5.91 Å². The molecule has 1 amide bonds. The molecule has 0 bridgehead atoms. The molecule has 0 aromatic rings. The zero-order chi connectivity index (χ0) is 13.2. The number of hydrogen-bond donors (Lipinski definition) is 1. The third kappa shape index (κ3) is 2.60. The van der Waals surface area contributed by atoms with E-state index < -0.39 is 17.5 Å². The third-order valence-electron chi connectivity index (χ3n) is 3.79. The number of amides is 1. The van der Waals surface area contributed by atoms with E-state index in [4.69, 9.17) is 9.84 Å². The molecule has 1 rings (SSSR count). The lowest BCUT2D eigenvalue weighted by molar-refractivity contribution is -0.152. The largest absolute Gasteiger partial charge is 0.481 e. The molecule has 3 unspecified atom stereocenters. The lowest BCUT2D eigenvalue weighted by atomic mass is 9.99. The molecule has 0 aromatic carbocycles. The van der Waals surface area contributed by atoms with Crippen LogP contribution in [0.1, 0.15) is 27.2 Å². The molecule has 0 saturated carbocycles. The lowest BCUT2D eigenvalue weighted by Crippen LogP contribution is -2.47. The van der Waals surface area contributed by atoms with Gasteiger partial charge in [-0.3, -0.25) is 9.59 Å². The van der Waals surface area contributed by atoms with E-state index in [0.717, 1.165) is 0 Å². The molecule has 0 radical (unpaired) electrons. The number of rotatable bonds is 4. The van der Waals surface area contributed by atoms with Crippen molar-refractivity contribution in [3.63, 3.8) is 0 Å². The van der Waals surface area contributed by atoms with Gasteiger partial charge in [0.15, 0.2) is 0 Å². The Hall–Kier alpha value is -1.10. The number of carboxylic acid groups (broad SMARTS) is 1. The van der Waals surface area contributed by atoms with E-state index >= 15 is 0 Å². The minimum absolute atomic E-state index is 0.00517. The molecule has 0 aromatic heterocycles. The average molecular weight is 243 g/mol. The lowest BCUT2D eigenvalue weighted by Gasteiger charge is -2.30. The van der Waals surface area contributed by atoms with Crippen molar-refractivity contribution in [2.24, 2.45) is 11.8 Å². The summed E-state index contributed by atoms with van der Waals surface area (Å²) < 4.78 is 5.25. The minimum atomic E-state index is -0.840. The molecular weight excluding hydrogens is 222 g/mol. The summed E-state index contributed by atoms with van der Waals surface area (Å²) in [6, 6.07) is 0. The standard InChI is InChI=1S/C12H21NO4/c1-5-12(3,17-4)11(16)13-6-8(2)9(7-13)10(14)15/h8-9H,5-7H2,1-4H3,(H,14,15). The number of aliphatic carboxylic acids is 1. The van der Waals surface area contributed by atoms with Gasteiger partial charge in [-0.25, -0.2) is 0 Å². The normalized spacial score (nSPS) is 27.9. The van der Waals surface area contributed by atoms with Gasteiger partial charge in [-0.15, -0.1) is 0 Å². The third-order valence-corrected chi connectivity index (χ3v) is 3.79. The Kier molecular flexibility index (Phi) is 4.14. The number of nitrogens with zero attached hydrogens (tertiary/aromatic N) is 1. The Balaban J connectivity index is 2.77. The first-order chi connectivity index (χ1) is 7.85. The summed E-state index contributed by atoms with van der Waals surface area (Å²) in [6.45, 7) is 6.27. The number of methoxy groups -OCH3 is 1. The highest BCUT2D eigenvalue weighted by Gasteiger charge is 2.42. The summed E-state index contributed by atoms with van der Waals surface area (Å²) in [4.78, 5) is 24.9. The SMILES string of the molecule is CCC(C)(OC)C(=O)N1CC(C)C(C(=O)O)C1. The van der Waals surface area contributed by atoms with Gasteiger partial charge in [-0.1, -0.05) is 13.8 Å². The molecule has 1 N–H and O–H groups in total. The summed E-state index contributed by atoms with van der Waals surface area (Å²) >= 11 is 0. The van der Waals surface area contributed by atoms with Gasteiger partial charge in [0, 0.05) is 20.2 Å². The topological polar surface area (TPSA) is 66.8 Å². The highest BCUT2D eigenvalue weighted by molar-refractivity contribution is 5.86. The van der Waals surface area contributed by atoms with Crippen LogP contribution in [-0.4, -0.2) is 47.7 Å². The van der Waals surface area contributed by atoms with Crippen molar-refractivity contribution in [3.8, 4) is 0 Å². The summed E-state index contributed by atoms with van der Waals surface area (Å²) in [5.74, 6) is -1.41. The maximum Gasteiger partial charge on any atom is 0.308 e. The maximum absolute atomic E-state index is 12.3. The van der Waals surface area contributed by atoms with Gasteiger partial charge >= 0.3 is 5.97 Å². The molecular formula is C12H21NO4. The summed E-state index contributed by atoms with van der Waals surface area (Å²) in [5, 5.41) is 9.03.